The first-order valence-electron chi connectivity index (χ1n) is 10.0. The van der Waals surface area contributed by atoms with Crippen molar-refractivity contribution in [2.75, 3.05) is 17.9 Å². The lowest BCUT2D eigenvalue weighted by Gasteiger charge is -2.15. The van der Waals surface area contributed by atoms with E-state index < -0.39 is 17.8 Å². The van der Waals surface area contributed by atoms with Crippen molar-refractivity contribution >= 4 is 23.5 Å². The Kier molecular flexibility index (Phi) is 6.94. The Labute approximate surface area is 185 Å². The second kappa shape index (κ2) is 9.82. The van der Waals surface area contributed by atoms with Crippen LogP contribution < -0.4 is 15.5 Å². The fourth-order valence-corrected chi connectivity index (χ4v) is 3.42. The first-order chi connectivity index (χ1) is 15.3. The van der Waals surface area contributed by atoms with E-state index in [9.17, 15) is 14.4 Å². The molecule has 0 saturated carbocycles. The zero-order chi connectivity index (χ0) is 23.3. The van der Waals surface area contributed by atoms with E-state index in [1.807, 2.05) is 32.0 Å². The largest absolute Gasteiger partial charge is 0.497 e. The summed E-state index contributed by atoms with van der Waals surface area (Å²) in [5.74, 6) is -1.97. The number of aromatic nitrogens is 1. The maximum Gasteiger partial charge on any atom is 0.328 e. The van der Waals surface area contributed by atoms with Gasteiger partial charge in [0.15, 0.2) is 0 Å². The standard InChI is InChI=1S/C24H25N3O5/c1-15-12-16(2)14-18(13-15)25-23(30)24(31)26-27-19(7-11-22(28)29)6-10-21(27)17-4-8-20(32-3)9-5-17/h4-6,8-10,12-14H,7,11H2,1-3H3,(H,25,30)(H,26,31)(H,28,29). The lowest BCUT2D eigenvalue weighted by molar-refractivity contribution is -0.137. The number of anilines is 1. The van der Waals surface area contributed by atoms with Gasteiger partial charge in [-0.05, 0) is 73.5 Å². The van der Waals surface area contributed by atoms with Gasteiger partial charge in [0.05, 0.1) is 19.2 Å². The second-order valence-electron chi connectivity index (χ2n) is 7.44. The fraction of sp³-hybridized carbons (Fsp3) is 0.208. The highest BCUT2D eigenvalue weighted by atomic mass is 16.5. The third-order valence-corrected chi connectivity index (χ3v) is 4.84. The minimum atomic E-state index is -0.956. The van der Waals surface area contributed by atoms with Crippen molar-refractivity contribution in [1.29, 1.82) is 0 Å². The molecule has 0 bridgehead atoms. The van der Waals surface area contributed by atoms with E-state index >= 15 is 0 Å². The van der Waals surface area contributed by atoms with E-state index in [0.29, 0.717) is 22.8 Å². The Morgan fingerprint density at radius 1 is 0.938 bits per heavy atom. The average Bonchev–Trinajstić information content (AvgIpc) is 3.13. The molecule has 0 radical (unpaired) electrons. The van der Waals surface area contributed by atoms with E-state index in [-0.39, 0.29) is 12.8 Å². The monoisotopic (exact) mass is 435 g/mol. The molecule has 1 heterocycles. The summed E-state index contributed by atoms with van der Waals surface area (Å²) in [5.41, 5.74) is 6.99. The highest BCUT2D eigenvalue weighted by Gasteiger charge is 2.19. The average molecular weight is 435 g/mol. The predicted molar refractivity (Wildman–Crippen MR) is 121 cm³/mol. The smallest absolute Gasteiger partial charge is 0.328 e. The van der Waals surface area contributed by atoms with Crippen LogP contribution in [0.2, 0.25) is 0 Å². The van der Waals surface area contributed by atoms with Gasteiger partial charge in [-0.15, -0.1) is 0 Å². The SMILES string of the molecule is COc1ccc(-c2ccc(CCC(=O)O)n2NC(=O)C(=O)Nc2cc(C)cc(C)c2)cc1. The van der Waals surface area contributed by atoms with Crippen molar-refractivity contribution < 1.29 is 24.2 Å². The van der Waals surface area contributed by atoms with Crippen LogP contribution in [0.15, 0.2) is 54.6 Å². The van der Waals surface area contributed by atoms with Crippen LogP contribution in [0.3, 0.4) is 0 Å². The fourth-order valence-electron chi connectivity index (χ4n) is 3.42. The molecule has 32 heavy (non-hydrogen) atoms. The number of nitrogens with zero attached hydrogens (tertiary/aromatic N) is 1. The Hall–Kier alpha value is -4.07. The van der Waals surface area contributed by atoms with Gasteiger partial charge in [-0.2, -0.15) is 0 Å². The van der Waals surface area contributed by atoms with E-state index in [2.05, 4.69) is 10.7 Å². The van der Waals surface area contributed by atoms with E-state index in [0.717, 1.165) is 16.7 Å². The van der Waals surface area contributed by atoms with Crippen molar-refractivity contribution in [1.82, 2.24) is 4.68 Å². The van der Waals surface area contributed by atoms with E-state index in [4.69, 9.17) is 9.84 Å². The Morgan fingerprint density at radius 3 is 2.19 bits per heavy atom. The minimum absolute atomic E-state index is 0.114. The summed E-state index contributed by atoms with van der Waals surface area (Å²) in [7, 11) is 1.57. The van der Waals surface area contributed by atoms with Gasteiger partial charge >= 0.3 is 17.8 Å². The molecule has 0 aliphatic heterocycles. The molecule has 3 aromatic rings. The molecule has 2 aromatic carbocycles. The minimum Gasteiger partial charge on any atom is -0.497 e. The number of carboxylic acids is 1. The van der Waals surface area contributed by atoms with Gasteiger partial charge in [-0.1, -0.05) is 6.07 Å². The number of carboxylic acid groups (broad SMARTS) is 1. The lowest BCUT2D eigenvalue weighted by Crippen LogP contribution is -2.35. The number of aliphatic carboxylic acids is 1. The molecular formula is C24H25N3O5. The summed E-state index contributed by atoms with van der Waals surface area (Å²) < 4.78 is 6.63. The third-order valence-electron chi connectivity index (χ3n) is 4.84. The lowest BCUT2D eigenvalue weighted by atomic mass is 10.1. The number of amides is 2. The topological polar surface area (TPSA) is 110 Å². The Balaban J connectivity index is 1.86. The van der Waals surface area contributed by atoms with Crippen LogP contribution in [-0.4, -0.2) is 34.7 Å². The number of hydrogen-bond donors (Lipinski definition) is 3. The van der Waals surface area contributed by atoms with Crippen LogP contribution in [0.1, 0.15) is 23.2 Å². The van der Waals surface area contributed by atoms with Crippen LogP contribution in [0.25, 0.3) is 11.3 Å². The number of methoxy groups -OCH3 is 1. The normalized spacial score (nSPS) is 10.5. The summed E-state index contributed by atoms with van der Waals surface area (Å²) in [4.78, 5) is 36.2. The molecule has 0 aliphatic carbocycles. The van der Waals surface area contributed by atoms with Gasteiger partial charge in [0, 0.05) is 23.4 Å². The highest BCUT2D eigenvalue weighted by molar-refractivity contribution is 6.42. The molecule has 2 amide bonds. The maximum atomic E-state index is 12.7. The summed E-state index contributed by atoms with van der Waals surface area (Å²) in [5, 5.41) is 11.7. The summed E-state index contributed by atoms with van der Waals surface area (Å²) in [6.07, 6.45) is 0.0706. The number of ether oxygens (including phenoxy) is 1. The van der Waals surface area contributed by atoms with Crippen LogP contribution in [-0.2, 0) is 20.8 Å². The number of carbonyl (C=O) groups is 3. The molecule has 0 spiro atoms. The van der Waals surface area contributed by atoms with Crippen LogP contribution in [0.5, 0.6) is 5.75 Å². The summed E-state index contributed by atoms with van der Waals surface area (Å²) in [6, 6.07) is 16.2. The Morgan fingerprint density at radius 2 is 1.59 bits per heavy atom. The number of nitrogens with one attached hydrogen (secondary N) is 2. The van der Waals surface area contributed by atoms with Crippen LogP contribution in [0.4, 0.5) is 5.69 Å². The van der Waals surface area contributed by atoms with Crippen molar-refractivity contribution in [2.45, 2.75) is 26.7 Å². The van der Waals surface area contributed by atoms with Gasteiger partial charge in [0.1, 0.15) is 5.75 Å². The molecule has 0 aliphatic rings. The van der Waals surface area contributed by atoms with Gasteiger partial charge in [0.2, 0.25) is 0 Å². The first-order valence-corrected chi connectivity index (χ1v) is 10.0. The molecule has 3 N–H and O–H groups in total. The molecule has 166 valence electrons. The van der Waals surface area contributed by atoms with Gasteiger partial charge in [0.25, 0.3) is 0 Å². The number of benzene rings is 2. The molecule has 0 unspecified atom stereocenters. The predicted octanol–water partition coefficient (Wildman–Crippen LogP) is 3.51. The summed E-state index contributed by atoms with van der Waals surface area (Å²) in [6.45, 7) is 3.80. The quantitative estimate of drug-likeness (QED) is 0.492. The molecule has 0 saturated heterocycles. The van der Waals surface area contributed by atoms with E-state index in [1.165, 1.54) is 4.68 Å². The molecule has 0 atom stereocenters. The molecule has 0 fully saturated rings. The van der Waals surface area contributed by atoms with Crippen molar-refractivity contribution in [2.24, 2.45) is 0 Å². The van der Waals surface area contributed by atoms with Gasteiger partial charge < -0.3 is 15.2 Å². The summed E-state index contributed by atoms with van der Waals surface area (Å²) >= 11 is 0. The number of aryl methyl sites for hydroxylation is 3. The van der Waals surface area contributed by atoms with Crippen LogP contribution in [0, 0.1) is 13.8 Å². The zero-order valence-corrected chi connectivity index (χ0v) is 18.1. The van der Waals surface area contributed by atoms with E-state index in [1.54, 1.807) is 43.5 Å². The molecule has 8 nitrogen and oxygen atoms in total. The van der Waals surface area contributed by atoms with Gasteiger partial charge in [-0.3, -0.25) is 24.5 Å². The van der Waals surface area contributed by atoms with Crippen molar-refractivity contribution in [3.8, 4) is 17.0 Å². The number of carbonyl (C=O) groups excluding carboxylic acids is 2. The molecule has 8 heteroatoms. The number of hydrogen-bond acceptors (Lipinski definition) is 4. The molecule has 3 rings (SSSR count). The highest BCUT2D eigenvalue weighted by Crippen LogP contribution is 2.25. The molecule has 1 aromatic heterocycles. The number of rotatable bonds is 7. The maximum absolute atomic E-state index is 12.7. The zero-order valence-electron chi connectivity index (χ0n) is 18.1. The second-order valence-corrected chi connectivity index (χ2v) is 7.44. The van der Waals surface area contributed by atoms with Crippen molar-refractivity contribution in [3.63, 3.8) is 0 Å². The van der Waals surface area contributed by atoms with Crippen LogP contribution >= 0.6 is 0 Å². The van der Waals surface area contributed by atoms with Gasteiger partial charge in [-0.25, -0.2) is 0 Å². The Bertz CT molecular complexity index is 1130. The first kappa shape index (κ1) is 22.6. The van der Waals surface area contributed by atoms with Crippen molar-refractivity contribution in [3.05, 3.63) is 71.4 Å². The third kappa shape index (κ3) is 5.54. The molecular weight excluding hydrogens is 410 g/mol.